The fraction of sp³-hybridized carbons (Fsp3) is 0.750. The van der Waals surface area contributed by atoms with E-state index in [2.05, 4.69) is 23.5 Å². The normalized spacial score (nSPS) is 18.8. The zero-order chi connectivity index (χ0) is 11.3. The van der Waals surface area contributed by atoms with Gasteiger partial charge in [-0.05, 0) is 24.7 Å². The second-order valence-electron chi connectivity index (χ2n) is 4.46. The summed E-state index contributed by atoms with van der Waals surface area (Å²) in [4.78, 5) is 13.1. The summed E-state index contributed by atoms with van der Waals surface area (Å²) in [6.45, 7) is 6.67. The van der Waals surface area contributed by atoms with E-state index in [1.54, 1.807) is 0 Å². The van der Waals surface area contributed by atoms with Crippen molar-refractivity contribution in [3.63, 3.8) is 0 Å². The van der Waals surface area contributed by atoms with Gasteiger partial charge in [-0.1, -0.05) is 13.8 Å². The zero-order valence-corrected chi connectivity index (χ0v) is 9.90. The van der Waals surface area contributed by atoms with Gasteiger partial charge in [0.25, 0.3) is 0 Å². The summed E-state index contributed by atoms with van der Waals surface area (Å²) >= 11 is 0. The Bertz CT molecular complexity index is 228. The van der Waals surface area contributed by atoms with Gasteiger partial charge in [0, 0.05) is 25.4 Å². The minimum absolute atomic E-state index is 0.277. The van der Waals surface area contributed by atoms with Crippen LogP contribution in [0, 0.1) is 11.8 Å². The molecule has 86 valence electrons. The monoisotopic (exact) mass is 211 g/mol. The molecule has 0 spiro atoms. The van der Waals surface area contributed by atoms with Gasteiger partial charge in [-0.3, -0.25) is 0 Å². The Morgan fingerprint density at radius 3 is 2.47 bits per heavy atom. The van der Waals surface area contributed by atoms with Gasteiger partial charge >= 0.3 is 5.97 Å². The topological polar surface area (TPSA) is 29.5 Å². The summed E-state index contributed by atoms with van der Waals surface area (Å²) in [7, 11) is 1.40. The van der Waals surface area contributed by atoms with E-state index in [4.69, 9.17) is 0 Å². The number of nitrogens with zero attached hydrogens (tertiary/aromatic N) is 1. The van der Waals surface area contributed by atoms with Gasteiger partial charge in [0.15, 0.2) is 0 Å². The van der Waals surface area contributed by atoms with Crippen LogP contribution >= 0.6 is 0 Å². The predicted octanol–water partition coefficient (Wildman–Crippen LogP) is 2.04. The third kappa shape index (κ3) is 3.94. The molecule has 0 bridgehead atoms. The number of rotatable bonds is 3. The molecule has 0 aromatic carbocycles. The molecule has 1 aliphatic heterocycles. The molecule has 1 fully saturated rings. The number of hydrogen-bond acceptors (Lipinski definition) is 3. The van der Waals surface area contributed by atoms with E-state index >= 15 is 0 Å². The molecular formula is C12H21NO2. The fourth-order valence-corrected chi connectivity index (χ4v) is 1.97. The van der Waals surface area contributed by atoms with Crippen LogP contribution in [-0.4, -0.2) is 31.1 Å². The molecule has 0 aromatic heterocycles. The van der Waals surface area contributed by atoms with Gasteiger partial charge in [0.05, 0.1) is 7.11 Å². The Hall–Kier alpha value is -0.990. The summed E-state index contributed by atoms with van der Waals surface area (Å²) in [6.07, 6.45) is 5.80. The number of methoxy groups -OCH3 is 1. The quantitative estimate of drug-likeness (QED) is 0.528. The molecule has 1 heterocycles. The van der Waals surface area contributed by atoms with Crippen molar-refractivity contribution >= 4 is 5.97 Å². The second kappa shape index (κ2) is 5.79. The van der Waals surface area contributed by atoms with Crippen molar-refractivity contribution in [2.45, 2.75) is 26.7 Å². The Morgan fingerprint density at radius 2 is 2.00 bits per heavy atom. The molecule has 0 aromatic rings. The molecule has 3 nitrogen and oxygen atoms in total. The molecule has 0 amide bonds. The van der Waals surface area contributed by atoms with Crippen LogP contribution in [-0.2, 0) is 9.53 Å². The fourth-order valence-electron chi connectivity index (χ4n) is 1.97. The van der Waals surface area contributed by atoms with Crippen LogP contribution in [0.5, 0.6) is 0 Å². The number of hydrogen-bond donors (Lipinski definition) is 0. The number of carbonyl (C=O) groups is 1. The van der Waals surface area contributed by atoms with Crippen molar-refractivity contribution in [2.24, 2.45) is 11.8 Å². The first-order chi connectivity index (χ1) is 7.13. The molecule has 1 aliphatic rings. The Labute approximate surface area is 92.1 Å². The maximum atomic E-state index is 10.9. The number of ether oxygens (including phenoxy) is 1. The predicted molar refractivity (Wildman–Crippen MR) is 60.3 cm³/mol. The minimum atomic E-state index is -0.277. The van der Waals surface area contributed by atoms with E-state index in [1.807, 2.05) is 6.20 Å². The molecule has 0 aliphatic carbocycles. The summed E-state index contributed by atoms with van der Waals surface area (Å²) in [6, 6.07) is 0. The van der Waals surface area contributed by atoms with Crippen LogP contribution in [0.3, 0.4) is 0 Å². The van der Waals surface area contributed by atoms with Gasteiger partial charge < -0.3 is 9.64 Å². The average molecular weight is 211 g/mol. The average Bonchev–Trinajstić information content (AvgIpc) is 2.26. The van der Waals surface area contributed by atoms with Crippen molar-refractivity contribution < 1.29 is 9.53 Å². The Kier molecular flexibility index (Phi) is 4.66. The lowest BCUT2D eigenvalue weighted by Crippen LogP contribution is -2.31. The first-order valence-corrected chi connectivity index (χ1v) is 5.63. The molecule has 3 heteroatoms. The third-order valence-corrected chi connectivity index (χ3v) is 3.14. The van der Waals surface area contributed by atoms with E-state index in [1.165, 1.54) is 26.0 Å². The highest BCUT2D eigenvalue weighted by Crippen LogP contribution is 2.24. The van der Waals surface area contributed by atoms with Gasteiger partial charge in [-0.15, -0.1) is 0 Å². The Morgan fingerprint density at radius 1 is 1.40 bits per heavy atom. The number of likely N-dealkylation sites (tertiary alicyclic amines) is 1. The molecule has 1 saturated heterocycles. The lowest BCUT2D eigenvalue weighted by Gasteiger charge is -2.33. The smallest absolute Gasteiger partial charge is 0.331 e. The summed E-state index contributed by atoms with van der Waals surface area (Å²) in [5.74, 6) is 1.34. The van der Waals surface area contributed by atoms with Crippen molar-refractivity contribution in [2.75, 3.05) is 20.2 Å². The van der Waals surface area contributed by atoms with Crippen molar-refractivity contribution in [3.05, 3.63) is 12.3 Å². The van der Waals surface area contributed by atoms with Crippen LogP contribution in [0.1, 0.15) is 26.7 Å². The van der Waals surface area contributed by atoms with Gasteiger partial charge in [-0.25, -0.2) is 4.79 Å². The molecule has 15 heavy (non-hydrogen) atoms. The lowest BCUT2D eigenvalue weighted by molar-refractivity contribution is -0.134. The summed E-state index contributed by atoms with van der Waals surface area (Å²) < 4.78 is 4.55. The highest BCUT2D eigenvalue weighted by molar-refractivity contribution is 5.81. The zero-order valence-electron chi connectivity index (χ0n) is 9.90. The maximum absolute atomic E-state index is 10.9. The third-order valence-electron chi connectivity index (χ3n) is 3.14. The highest BCUT2D eigenvalue weighted by atomic mass is 16.5. The second-order valence-corrected chi connectivity index (χ2v) is 4.46. The standard InChI is InChI=1S/C12H21NO2/c1-10(2)11-4-7-13(8-5-11)9-6-12(14)15-3/h6,9-11H,4-5,7-8H2,1-3H3/b9-6+. The van der Waals surface area contributed by atoms with Crippen LogP contribution in [0.4, 0.5) is 0 Å². The van der Waals surface area contributed by atoms with Gasteiger partial charge in [-0.2, -0.15) is 0 Å². The van der Waals surface area contributed by atoms with Crippen LogP contribution in [0.25, 0.3) is 0 Å². The van der Waals surface area contributed by atoms with Crippen LogP contribution < -0.4 is 0 Å². The summed E-state index contributed by atoms with van der Waals surface area (Å²) in [5.41, 5.74) is 0. The largest absolute Gasteiger partial charge is 0.466 e. The molecule has 0 N–H and O–H groups in total. The molecule has 1 rings (SSSR count). The number of esters is 1. The SMILES string of the molecule is COC(=O)/C=C/N1CCC(C(C)C)CC1. The highest BCUT2D eigenvalue weighted by Gasteiger charge is 2.19. The minimum Gasteiger partial charge on any atom is -0.466 e. The first kappa shape index (κ1) is 12.1. The molecule has 0 atom stereocenters. The van der Waals surface area contributed by atoms with E-state index in [9.17, 15) is 4.79 Å². The molecule has 0 unspecified atom stereocenters. The lowest BCUT2D eigenvalue weighted by atomic mass is 9.87. The maximum Gasteiger partial charge on any atom is 0.331 e. The number of carbonyl (C=O) groups excluding carboxylic acids is 1. The van der Waals surface area contributed by atoms with Gasteiger partial charge in [0.1, 0.15) is 0 Å². The van der Waals surface area contributed by atoms with Crippen molar-refractivity contribution in [1.29, 1.82) is 0 Å². The van der Waals surface area contributed by atoms with E-state index < -0.39 is 0 Å². The van der Waals surface area contributed by atoms with Crippen molar-refractivity contribution in [3.8, 4) is 0 Å². The van der Waals surface area contributed by atoms with Crippen molar-refractivity contribution in [1.82, 2.24) is 4.90 Å². The molecule has 0 radical (unpaired) electrons. The summed E-state index contributed by atoms with van der Waals surface area (Å²) in [5, 5.41) is 0. The van der Waals surface area contributed by atoms with E-state index in [0.717, 1.165) is 24.9 Å². The first-order valence-electron chi connectivity index (χ1n) is 5.63. The number of piperidine rings is 1. The molecule has 0 saturated carbocycles. The van der Waals surface area contributed by atoms with Crippen LogP contribution in [0.2, 0.25) is 0 Å². The van der Waals surface area contributed by atoms with E-state index in [-0.39, 0.29) is 5.97 Å². The van der Waals surface area contributed by atoms with E-state index in [0.29, 0.717) is 0 Å². The Balaban J connectivity index is 2.31. The van der Waals surface area contributed by atoms with Gasteiger partial charge in [0.2, 0.25) is 0 Å². The molecular weight excluding hydrogens is 190 g/mol. The van der Waals surface area contributed by atoms with Crippen LogP contribution in [0.15, 0.2) is 12.3 Å².